The number of amides is 2. The highest BCUT2D eigenvalue weighted by molar-refractivity contribution is 8.18. The number of imide groups is 1. The number of benzene rings is 2. The molecule has 1 fully saturated rings. The number of carbonyl (C=O) groups excluding carboxylic acids is 3. The molecule has 1 aliphatic rings. The molecular weight excluding hydrogens is 430 g/mol. The van der Waals surface area contributed by atoms with Crippen molar-refractivity contribution in [3.63, 3.8) is 0 Å². The molecule has 8 heteroatoms. The Morgan fingerprint density at radius 3 is 2.59 bits per heavy atom. The molecule has 0 aliphatic carbocycles. The van der Waals surface area contributed by atoms with Crippen molar-refractivity contribution in [3.8, 4) is 11.5 Å². The SMILES string of the molecule is COc1cc(/C=C2/SC(=O)N(CC(=O)OC(C)C)C2=O)ccc1OCc1cccc(C)c1. The Balaban J connectivity index is 1.72. The maximum absolute atomic E-state index is 12.6. The Labute approximate surface area is 191 Å². The highest BCUT2D eigenvalue weighted by Crippen LogP contribution is 2.34. The van der Waals surface area contributed by atoms with Crippen molar-refractivity contribution < 1.29 is 28.6 Å². The first-order valence-electron chi connectivity index (χ1n) is 10.1. The summed E-state index contributed by atoms with van der Waals surface area (Å²) in [7, 11) is 1.53. The lowest BCUT2D eigenvalue weighted by molar-refractivity contribution is -0.149. The van der Waals surface area contributed by atoms with Crippen LogP contribution in [0.1, 0.15) is 30.5 Å². The third-order valence-corrected chi connectivity index (χ3v) is 5.40. The van der Waals surface area contributed by atoms with Crippen molar-refractivity contribution in [1.82, 2.24) is 4.90 Å². The van der Waals surface area contributed by atoms with Crippen molar-refractivity contribution in [3.05, 3.63) is 64.1 Å². The summed E-state index contributed by atoms with van der Waals surface area (Å²) in [6, 6.07) is 13.3. The third-order valence-electron chi connectivity index (χ3n) is 4.49. The predicted molar refractivity (Wildman–Crippen MR) is 122 cm³/mol. The van der Waals surface area contributed by atoms with Gasteiger partial charge in [-0.05, 0) is 61.9 Å². The van der Waals surface area contributed by atoms with E-state index in [4.69, 9.17) is 14.2 Å². The minimum atomic E-state index is -0.625. The van der Waals surface area contributed by atoms with Crippen LogP contribution >= 0.6 is 11.8 Å². The second-order valence-corrected chi connectivity index (χ2v) is 8.49. The fourth-order valence-electron chi connectivity index (χ4n) is 3.07. The molecule has 3 rings (SSSR count). The van der Waals surface area contributed by atoms with Gasteiger partial charge in [-0.15, -0.1) is 0 Å². The van der Waals surface area contributed by atoms with Crippen molar-refractivity contribution in [2.75, 3.05) is 13.7 Å². The number of nitrogens with zero attached hydrogens (tertiary/aromatic N) is 1. The molecule has 0 bridgehead atoms. The first kappa shape index (κ1) is 23.4. The topological polar surface area (TPSA) is 82.1 Å². The van der Waals surface area contributed by atoms with Gasteiger partial charge >= 0.3 is 5.97 Å². The quantitative estimate of drug-likeness (QED) is 0.426. The Morgan fingerprint density at radius 2 is 1.91 bits per heavy atom. The van der Waals surface area contributed by atoms with E-state index in [-0.39, 0.29) is 11.0 Å². The van der Waals surface area contributed by atoms with Gasteiger partial charge in [0.05, 0.1) is 18.1 Å². The zero-order chi connectivity index (χ0) is 23.3. The van der Waals surface area contributed by atoms with Crippen molar-refractivity contribution in [2.24, 2.45) is 0 Å². The Hall–Kier alpha value is -3.26. The molecular formula is C24H25NO6S. The van der Waals surface area contributed by atoms with Crippen molar-refractivity contribution >= 4 is 35.0 Å². The van der Waals surface area contributed by atoms with Crippen LogP contribution in [0.5, 0.6) is 11.5 Å². The van der Waals surface area contributed by atoms with Crippen LogP contribution in [0.15, 0.2) is 47.4 Å². The largest absolute Gasteiger partial charge is 0.493 e. The van der Waals surface area contributed by atoms with Crippen LogP contribution < -0.4 is 9.47 Å². The highest BCUT2D eigenvalue weighted by Gasteiger charge is 2.36. The van der Waals surface area contributed by atoms with Crippen LogP contribution in [0, 0.1) is 6.92 Å². The normalized spacial score (nSPS) is 14.9. The van der Waals surface area contributed by atoms with Crippen molar-refractivity contribution in [1.29, 1.82) is 0 Å². The fourth-order valence-corrected chi connectivity index (χ4v) is 3.91. The van der Waals surface area contributed by atoms with Gasteiger partial charge in [-0.1, -0.05) is 35.9 Å². The monoisotopic (exact) mass is 455 g/mol. The van der Waals surface area contributed by atoms with Crippen LogP contribution in [0.4, 0.5) is 4.79 Å². The Kier molecular flexibility index (Phi) is 7.58. The predicted octanol–water partition coefficient (Wildman–Crippen LogP) is 4.57. The second kappa shape index (κ2) is 10.4. The fraction of sp³-hybridized carbons (Fsp3) is 0.292. The van der Waals surface area contributed by atoms with Gasteiger partial charge < -0.3 is 14.2 Å². The molecule has 0 atom stereocenters. The van der Waals surface area contributed by atoms with E-state index >= 15 is 0 Å². The first-order valence-corrected chi connectivity index (χ1v) is 10.9. The number of rotatable bonds is 8. The molecule has 1 heterocycles. The van der Waals surface area contributed by atoms with Gasteiger partial charge in [0.15, 0.2) is 11.5 Å². The zero-order valence-electron chi connectivity index (χ0n) is 18.4. The van der Waals surface area contributed by atoms with Crippen molar-refractivity contribution in [2.45, 2.75) is 33.5 Å². The van der Waals surface area contributed by atoms with Crippen LogP contribution in [0.25, 0.3) is 6.08 Å². The average molecular weight is 456 g/mol. The molecule has 32 heavy (non-hydrogen) atoms. The van der Waals surface area contributed by atoms with Gasteiger partial charge in [-0.2, -0.15) is 0 Å². The maximum atomic E-state index is 12.6. The average Bonchev–Trinajstić information content (AvgIpc) is 2.99. The van der Waals surface area contributed by atoms with Gasteiger partial charge in [0.2, 0.25) is 0 Å². The van der Waals surface area contributed by atoms with E-state index in [1.807, 2.05) is 31.2 Å². The van der Waals surface area contributed by atoms with Gasteiger partial charge in [0, 0.05) is 0 Å². The molecule has 168 valence electrons. The van der Waals surface area contributed by atoms with E-state index in [1.165, 1.54) is 7.11 Å². The van der Waals surface area contributed by atoms with Crippen LogP contribution in [0.3, 0.4) is 0 Å². The molecule has 0 N–H and O–H groups in total. The summed E-state index contributed by atoms with van der Waals surface area (Å²) in [6.07, 6.45) is 1.27. The third kappa shape index (κ3) is 5.91. The van der Waals surface area contributed by atoms with Gasteiger partial charge in [-0.25, -0.2) is 0 Å². The van der Waals surface area contributed by atoms with E-state index in [9.17, 15) is 14.4 Å². The summed E-state index contributed by atoms with van der Waals surface area (Å²) in [6.45, 7) is 5.41. The van der Waals surface area contributed by atoms with Gasteiger partial charge in [0.25, 0.3) is 11.1 Å². The summed E-state index contributed by atoms with van der Waals surface area (Å²) in [5.41, 5.74) is 2.86. The summed E-state index contributed by atoms with van der Waals surface area (Å²) < 4.78 is 16.4. The molecule has 2 aromatic carbocycles. The second-order valence-electron chi connectivity index (χ2n) is 7.49. The first-order chi connectivity index (χ1) is 15.3. The molecule has 0 spiro atoms. The highest BCUT2D eigenvalue weighted by atomic mass is 32.2. The van der Waals surface area contributed by atoms with E-state index in [2.05, 4.69) is 0 Å². The van der Waals surface area contributed by atoms with Crippen LogP contribution in [0.2, 0.25) is 0 Å². The number of hydrogen-bond donors (Lipinski definition) is 0. The lowest BCUT2D eigenvalue weighted by Crippen LogP contribution is -2.35. The summed E-state index contributed by atoms with van der Waals surface area (Å²) in [5.74, 6) is -0.0818. The lowest BCUT2D eigenvalue weighted by Gasteiger charge is -2.13. The lowest BCUT2D eigenvalue weighted by atomic mass is 10.1. The van der Waals surface area contributed by atoms with Gasteiger partial charge in [0.1, 0.15) is 13.2 Å². The van der Waals surface area contributed by atoms with E-state index in [0.29, 0.717) is 23.7 Å². The Morgan fingerprint density at radius 1 is 1.12 bits per heavy atom. The summed E-state index contributed by atoms with van der Waals surface area (Å²) >= 11 is 0.783. The van der Waals surface area contributed by atoms with Gasteiger partial charge in [-0.3, -0.25) is 19.3 Å². The minimum absolute atomic E-state index is 0.225. The molecule has 7 nitrogen and oxygen atoms in total. The number of esters is 1. The van der Waals surface area contributed by atoms with Crippen LogP contribution in [-0.4, -0.2) is 41.8 Å². The number of ether oxygens (including phenoxy) is 3. The summed E-state index contributed by atoms with van der Waals surface area (Å²) in [4.78, 5) is 37.8. The summed E-state index contributed by atoms with van der Waals surface area (Å²) in [5, 5.41) is -0.507. The molecule has 0 radical (unpaired) electrons. The number of methoxy groups -OCH3 is 1. The van der Waals surface area contributed by atoms with E-state index in [0.717, 1.165) is 27.8 Å². The molecule has 0 unspecified atom stereocenters. The van der Waals surface area contributed by atoms with E-state index < -0.39 is 23.7 Å². The number of thioether (sulfide) groups is 1. The zero-order valence-corrected chi connectivity index (χ0v) is 19.2. The molecule has 0 aromatic heterocycles. The molecule has 2 amide bonds. The maximum Gasteiger partial charge on any atom is 0.326 e. The molecule has 1 saturated heterocycles. The number of carbonyl (C=O) groups is 3. The number of aryl methyl sites for hydroxylation is 1. The smallest absolute Gasteiger partial charge is 0.326 e. The standard InChI is InChI=1S/C24H25NO6S/c1-15(2)31-22(26)13-25-23(27)21(32-24(25)28)12-17-8-9-19(20(11-17)29-4)30-14-18-7-5-6-16(3)10-18/h5-12,15H,13-14H2,1-4H3/b21-12+. The minimum Gasteiger partial charge on any atom is -0.493 e. The van der Waals surface area contributed by atoms with Crippen LogP contribution in [-0.2, 0) is 20.9 Å². The van der Waals surface area contributed by atoms with E-state index in [1.54, 1.807) is 38.1 Å². The molecule has 0 saturated carbocycles. The number of hydrogen-bond acceptors (Lipinski definition) is 7. The Bertz CT molecular complexity index is 1060. The molecule has 1 aliphatic heterocycles. The molecule has 2 aromatic rings.